The molecule has 0 radical (unpaired) electrons. The minimum absolute atomic E-state index is 0.699. The van der Waals surface area contributed by atoms with E-state index >= 15 is 0 Å². The van der Waals surface area contributed by atoms with Crippen LogP contribution in [0.15, 0.2) is 47.8 Å². The molecule has 1 aromatic heterocycles. The largest absolute Gasteiger partial charge is 0.497 e. The molecule has 2 nitrogen and oxygen atoms in total. The van der Waals surface area contributed by atoms with Crippen LogP contribution in [0, 0.1) is 0 Å². The molecule has 0 aliphatic heterocycles. The minimum atomic E-state index is 0.699. The minimum Gasteiger partial charge on any atom is -0.497 e. The van der Waals surface area contributed by atoms with Gasteiger partial charge in [-0.1, -0.05) is 29.8 Å². The van der Waals surface area contributed by atoms with E-state index in [1.54, 1.807) is 18.4 Å². The molecule has 0 bridgehead atoms. The monoisotopic (exact) mass is 303 g/mol. The molecule has 0 amide bonds. The Hall–Kier alpha value is -1.71. The van der Waals surface area contributed by atoms with Crippen molar-refractivity contribution < 1.29 is 4.74 Å². The first-order valence-corrected chi connectivity index (χ1v) is 7.56. The van der Waals surface area contributed by atoms with Crippen molar-refractivity contribution in [2.75, 3.05) is 12.4 Å². The van der Waals surface area contributed by atoms with E-state index in [4.69, 9.17) is 16.3 Å². The maximum atomic E-state index is 6.20. The first-order chi connectivity index (χ1) is 9.78. The second-order valence-corrected chi connectivity index (χ2v) is 5.77. The van der Waals surface area contributed by atoms with Crippen molar-refractivity contribution in [2.45, 2.75) is 6.54 Å². The van der Waals surface area contributed by atoms with Crippen LogP contribution in [-0.4, -0.2) is 7.11 Å². The molecule has 20 heavy (non-hydrogen) atoms. The number of rotatable bonds is 4. The Morgan fingerprint density at radius 2 is 2.05 bits per heavy atom. The Morgan fingerprint density at radius 1 is 1.20 bits per heavy atom. The van der Waals surface area contributed by atoms with Gasteiger partial charge in [0, 0.05) is 17.3 Å². The molecule has 1 heterocycles. The van der Waals surface area contributed by atoms with E-state index < -0.39 is 0 Å². The van der Waals surface area contributed by atoms with Gasteiger partial charge in [-0.2, -0.15) is 0 Å². The first-order valence-electron chi connectivity index (χ1n) is 6.30. The van der Waals surface area contributed by atoms with E-state index in [1.165, 1.54) is 15.6 Å². The number of methoxy groups -OCH3 is 1. The zero-order valence-electron chi connectivity index (χ0n) is 11.0. The summed E-state index contributed by atoms with van der Waals surface area (Å²) in [4.78, 5) is 0. The molecule has 0 unspecified atom stereocenters. The van der Waals surface area contributed by atoms with Crippen molar-refractivity contribution in [2.24, 2.45) is 0 Å². The second kappa shape index (κ2) is 5.73. The molecule has 0 spiro atoms. The van der Waals surface area contributed by atoms with Gasteiger partial charge in [-0.3, -0.25) is 0 Å². The maximum Gasteiger partial charge on any atom is 0.121 e. The van der Waals surface area contributed by atoms with Crippen molar-refractivity contribution in [3.63, 3.8) is 0 Å². The molecule has 1 N–H and O–H groups in total. The van der Waals surface area contributed by atoms with Gasteiger partial charge >= 0.3 is 0 Å². The van der Waals surface area contributed by atoms with Gasteiger partial charge in [-0.15, -0.1) is 11.3 Å². The lowest BCUT2D eigenvalue weighted by Crippen LogP contribution is -1.99. The van der Waals surface area contributed by atoms with E-state index in [0.717, 1.165) is 18.0 Å². The number of hydrogen-bond donors (Lipinski definition) is 1. The smallest absolute Gasteiger partial charge is 0.121 e. The Bertz CT molecular complexity index is 738. The van der Waals surface area contributed by atoms with E-state index in [-0.39, 0.29) is 0 Å². The Labute approximate surface area is 127 Å². The summed E-state index contributed by atoms with van der Waals surface area (Å²) in [7, 11) is 1.65. The topological polar surface area (TPSA) is 21.3 Å². The van der Waals surface area contributed by atoms with Crippen LogP contribution in [0.25, 0.3) is 10.1 Å². The number of anilines is 1. The van der Waals surface area contributed by atoms with Gasteiger partial charge in [-0.25, -0.2) is 0 Å². The molecule has 0 saturated carbocycles. The third-order valence-corrected chi connectivity index (χ3v) is 4.55. The molecule has 0 aliphatic rings. The SMILES string of the molecule is COc1ccc(Cl)c(NCc2csc3ccccc23)c1. The number of hydrogen-bond acceptors (Lipinski definition) is 3. The zero-order valence-corrected chi connectivity index (χ0v) is 12.6. The summed E-state index contributed by atoms with van der Waals surface area (Å²) in [5, 5.41) is 7.56. The Kier molecular flexibility index (Phi) is 3.81. The highest BCUT2D eigenvalue weighted by molar-refractivity contribution is 7.17. The second-order valence-electron chi connectivity index (χ2n) is 4.46. The molecular formula is C16H14ClNOS. The van der Waals surface area contributed by atoms with Crippen molar-refractivity contribution in [3.8, 4) is 5.75 Å². The average Bonchev–Trinajstić information content (AvgIpc) is 2.90. The van der Waals surface area contributed by atoms with Crippen molar-refractivity contribution in [1.29, 1.82) is 0 Å². The predicted molar refractivity (Wildman–Crippen MR) is 87.2 cm³/mol. The Balaban J connectivity index is 1.83. The van der Waals surface area contributed by atoms with E-state index in [9.17, 15) is 0 Å². The predicted octanol–water partition coefficient (Wildman–Crippen LogP) is 5.18. The third-order valence-electron chi connectivity index (χ3n) is 3.20. The molecule has 3 rings (SSSR count). The summed E-state index contributed by atoms with van der Waals surface area (Å²) in [6.45, 7) is 0.747. The van der Waals surface area contributed by atoms with Crippen LogP contribution in [0.3, 0.4) is 0 Å². The number of thiophene rings is 1. The highest BCUT2D eigenvalue weighted by atomic mass is 35.5. The van der Waals surface area contributed by atoms with Gasteiger partial charge in [0.25, 0.3) is 0 Å². The van der Waals surface area contributed by atoms with Gasteiger partial charge in [0.2, 0.25) is 0 Å². The fourth-order valence-electron chi connectivity index (χ4n) is 2.13. The molecular weight excluding hydrogens is 290 g/mol. The molecule has 4 heteroatoms. The van der Waals surface area contributed by atoms with Gasteiger partial charge in [0.05, 0.1) is 17.8 Å². The van der Waals surface area contributed by atoms with Crippen LogP contribution in [0.2, 0.25) is 5.02 Å². The summed E-state index contributed by atoms with van der Waals surface area (Å²) in [5.74, 6) is 0.798. The molecule has 0 aliphatic carbocycles. The highest BCUT2D eigenvalue weighted by Crippen LogP contribution is 2.29. The Morgan fingerprint density at radius 3 is 2.90 bits per heavy atom. The van der Waals surface area contributed by atoms with Crippen molar-refractivity contribution in [1.82, 2.24) is 0 Å². The van der Waals surface area contributed by atoms with Crippen LogP contribution in [0.4, 0.5) is 5.69 Å². The number of ether oxygens (including phenoxy) is 1. The molecule has 0 saturated heterocycles. The average molecular weight is 304 g/mol. The summed E-state index contributed by atoms with van der Waals surface area (Å²) in [6, 6.07) is 14.0. The zero-order chi connectivity index (χ0) is 13.9. The van der Waals surface area contributed by atoms with Gasteiger partial charge in [-0.05, 0) is 34.5 Å². The normalized spacial score (nSPS) is 10.7. The lowest BCUT2D eigenvalue weighted by Gasteiger charge is -2.09. The fraction of sp³-hybridized carbons (Fsp3) is 0.125. The van der Waals surface area contributed by atoms with Crippen molar-refractivity contribution in [3.05, 3.63) is 58.4 Å². The summed E-state index contributed by atoms with van der Waals surface area (Å²) < 4.78 is 6.53. The number of benzene rings is 2. The molecule has 0 fully saturated rings. The van der Waals surface area contributed by atoms with E-state index in [2.05, 4.69) is 35.0 Å². The van der Waals surface area contributed by atoms with Crippen LogP contribution in [0.5, 0.6) is 5.75 Å². The summed E-state index contributed by atoms with van der Waals surface area (Å²) >= 11 is 7.96. The maximum absolute atomic E-state index is 6.20. The first kappa shape index (κ1) is 13.3. The molecule has 3 aromatic rings. The molecule has 0 atom stereocenters. The molecule has 2 aromatic carbocycles. The van der Waals surface area contributed by atoms with Crippen LogP contribution in [-0.2, 0) is 6.54 Å². The third kappa shape index (κ3) is 2.60. The highest BCUT2D eigenvalue weighted by Gasteiger charge is 2.05. The summed E-state index contributed by atoms with van der Waals surface area (Å²) in [6.07, 6.45) is 0. The number of nitrogens with one attached hydrogen (secondary N) is 1. The lowest BCUT2D eigenvalue weighted by atomic mass is 10.2. The van der Waals surface area contributed by atoms with Gasteiger partial charge in [0.15, 0.2) is 0 Å². The number of halogens is 1. The van der Waals surface area contributed by atoms with Crippen LogP contribution < -0.4 is 10.1 Å². The van der Waals surface area contributed by atoms with Gasteiger partial charge < -0.3 is 10.1 Å². The van der Waals surface area contributed by atoms with Crippen LogP contribution >= 0.6 is 22.9 Å². The lowest BCUT2D eigenvalue weighted by molar-refractivity contribution is 0.415. The quantitative estimate of drug-likeness (QED) is 0.717. The fourth-order valence-corrected chi connectivity index (χ4v) is 3.27. The van der Waals surface area contributed by atoms with Gasteiger partial charge in [0.1, 0.15) is 5.75 Å². The summed E-state index contributed by atoms with van der Waals surface area (Å²) in [5.41, 5.74) is 2.17. The van der Waals surface area contributed by atoms with Crippen LogP contribution in [0.1, 0.15) is 5.56 Å². The number of fused-ring (bicyclic) bond motifs is 1. The van der Waals surface area contributed by atoms with E-state index in [1.807, 2.05) is 18.2 Å². The molecule has 102 valence electrons. The van der Waals surface area contributed by atoms with E-state index in [0.29, 0.717) is 5.02 Å². The van der Waals surface area contributed by atoms with Crippen molar-refractivity contribution >= 4 is 38.7 Å². The standard InChI is InChI=1S/C16H14ClNOS/c1-19-12-6-7-14(17)15(8-12)18-9-11-10-20-16-5-3-2-4-13(11)16/h2-8,10,18H,9H2,1H3.